The number of aromatic nitrogens is 3. The zero-order chi connectivity index (χ0) is 17.2. The summed E-state index contributed by atoms with van der Waals surface area (Å²) in [6, 6.07) is 11.6. The summed E-state index contributed by atoms with van der Waals surface area (Å²) in [6.45, 7) is 1.98. The number of pyridine rings is 1. The zero-order valence-electron chi connectivity index (χ0n) is 14.3. The number of nitrogens with zero attached hydrogens (tertiary/aromatic N) is 2. The van der Waals surface area contributed by atoms with Crippen molar-refractivity contribution in [3.8, 4) is 0 Å². The van der Waals surface area contributed by atoms with Gasteiger partial charge in [0.05, 0.1) is 17.1 Å². The molecule has 4 rings (SSSR count). The molecule has 5 heteroatoms. The summed E-state index contributed by atoms with van der Waals surface area (Å²) >= 11 is 0. The van der Waals surface area contributed by atoms with Gasteiger partial charge < -0.3 is 5.32 Å². The van der Waals surface area contributed by atoms with Gasteiger partial charge >= 0.3 is 0 Å². The van der Waals surface area contributed by atoms with E-state index in [9.17, 15) is 4.79 Å². The Morgan fingerprint density at radius 3 is 2.84 bits per heavy atom. The van der Waals surface area contributed by atoms with Crippen molar-refractivity contribution in [2.75, 3.05) is 5.32 Å². The molecule has 1 fully saturated rings. The summed E-state index contributed by atoms with van der Waals surface area (Å²) in [6.07, 6.45) is 6.34. The average molecular weight is 334 g/mol. The number of fused-ring (bicyclic) bond motifs is 1. The van der Waals surface area contributed by atoms with Crippen molar-refractivity contribution in [2.45, 2.75) is 38.5 Å². The Labute approximate surface area is 146 Å². The van der Waals surface area contributed by atoms with Gasteiger partial charge in [-0.1, -0.05) is 18.9 Å². The number of carbonyl (C=O) groups excluding carboxylic acids is 1. The van der Waals surface area contributed by atoms with Gasteiger partial charge in [-0.3, -0.25) is 14.9 Å². The molecule has 2 heterocycles. The minimum Gasteiger partial charge on any atom is -0.325 e. The van der Waals surface area contributed by atoms with Crippen LogP contribution in [0.1, 0.15) is 43.0 Å². The first-order chi connectivity index (χ1) is 12.2. The number of aryl methyl sites for hydroxylation is 1. The maximum atomic E-state index is 13.1. The molecule has 0 saturated heterocycles. The van der Waals surface area contributed by atoms with Crippen LogP contribution in [-0.4, -0.2) is 21.1 Å². The van der Waals surface area contributed by atoms with Gasteiger partial charge in [0.1, 0.15) is 0 Å². The number of H-pyrrole nitrogens is 1. The van der Waals surface area contributed by atoms with E-state index in [1.807, 2.05) is 43.3 Å². The molecule has 0 radical (unpaired) electrons. The SMILES string of the molecule is Cc1[nH]nc2ccc(NC(=O)C(c3ccccn3)C3CCCC3)cc12. The third kappa shape index (κ3) is 3.14. The van der Waals surface area contributed by atoms with Crippen LogP contribution in [0.15, 0.2) is 42.6 Å². The van der Waals surface area contributed by atoms with E-state index >= 15 is 0 Å². The third-order valence-electron chi connectivity index (χ3n) is 5.17. The van der Waals surface area contributed by atoms with E-state index in [2.05, 4.69) is 20.5 Å². The molecular formula is C20H22N4O. The van der Waals surface area contributed by atoms with Crippen LogP contribution in [0.25, 0.3) is 10.9 Å². The maximum Gasteiger partial charge on any atom is 0.233 e. The fraction of sp³-hybridized carbons (Fsp3) is 0.350. The van der Waals surface area contributed by atoms with Crippen molar-refractivity contribution in [3.05, 3.63) is 54.0 Å². The highest BCUT2D eigenvalue weighted by Gasteiger charge is 2.33. The number of hydrogen-bond acceptors (Lipinski definition) is 3. The van der Waals surface area contributed by atoms with Crippen molar-refractivity contribution in [2.24, 2.45) is 5.92 Å². The summed E-state index contributed by atoms with van der Waals surface area (Å²) < 4.78 is 0. The van der Waals surface area contributed by atoms with E-state index in [0.29, 0.717) is 5.92 Å². The molecule has 1 atom stereocenters. The van der Waals surface area contributed by atoms with Gasteiger partial charge in [0.2, 0.25) is 5.91 Å². The lowest BCUT2D eigenvalue weighted by atomic mass is 9.87. The smallest absolute Gasteiger partial charge is 0.233 e. The van der Waals surface area contributed by atoms with E-state index in [1.54, 1.807) is 6.20 Å². The fourth-order valence-electron chi connectivity index (χ4n) is 3.88. The standard InChI is InChI=1S/C20H22N4O/c1-13-16-12-15(9-10-17(16)24-23-13)22-20(25)19(14-6-2-3-7-14)18-8-4-5-11-21-18/h4-5,8-12,14,19H,2-3,6-7H2,1H3,(H,22,25)(H,23,24). The molecule has 0 bridgehead atoms. The Morgan fingerprint density at radius 1 is 1.24 bits per heavy atom. The Balaban J connectivity index is 1.62. The molecule has 0 aliphatic heterocycles. The molecule has 128 valence electrons. The Hall–Kier alpha value is -2.69. The van der Waals surface area contributed by atoms with Crippen LogP contribution in [0, 0.1) is 12.8 Å². The third-order valence-corrected chi connectivity index (χ3v) is 5.17. The first-order valence-corrected chi connectivity index (χ1v) is 8.89. The van der Waals surface area contributed by atoms with Gasteiger partial charge in [0.15, 0.2) is 0 Å². The van der Waals surface area contributed by atoms with Crippen LogP contribution in [0.3, 0.4) is 0 Å². The van der Waals surface area contributed by atoms with Gasteiger partial charge in [-0.05, 0) is 56.0 Å². The largest absolute Gasteiger partial charge is 0.325 e. The van der Waals surface area contributed by atoms with Crippen LogP contribution < -0.4 is 5.32 Å². The highest BCUT2D eigenvalue weighted by atomic mass is 16.1. The van der Waals surface area contributed by atoms with Crippen LogP contribution in [0.5, 0.6) is 0 Å². The van der Waals surface area contributed by atoms with Crippen molar-refractivity contribution in [3.63, 3.8) is 0 Å². The number of hydrogen-bond donors (Lipinski definition) is 2. The lowest BCUT2D eigenvalue weighted by Crippen LogP contribution is -2.27. The van der Waals surface area contributed by atoms with Crippen molar-refractivity contribution >= 4 is 22.5 Å². The minimum atomic E-state index is -0.190. The highest BCUT2D eigenvalue weighted by Crippen LogP contribution is 2.37. The lowest BCUT2D eigenvalue weighted by molar-refractivity contribution is -0.118. The molecule has 5 nitrogen and oxygen atoms in total. The normalized spacial score (nSPS) is 16.2. The Kier molecular flexibility index (Phi) is 4.22. The molecular weight excluding hydrogens is 312 g/mol. The summed E-state index contributed by atoms with van der Waals surface area (Å²) in [7, 11) is 0. The number of carbonyl (C=O) groups is 1. The van der Waals surface area contributed by atoms with E-state index in [1.165, 1.54) is 12.8 Å². The number of anilines is 1. The van der Waals surface area contributed by atoms with E-state index < -0.39 is 0 Å². The molecule has 25 heavy (non-hydrogen) atoms. The molecule has 1 aromatic carbocycles. The number of aromatic amines is 1. The predicted molar refractivity (Wildman–Crippen MR) is 98.4 cm³/mol. The number of benzene rings is 1. The van der Waals surface area contributed by atoms with Gasteiger partial charge in [-0.15, -0.1) is 0 Å². The van der Waals surface area contributed by atoms with Gasteiger partial charge in [0, 0.05) is 23.0 Å². The van der Waals surface area contributed by atoms with E-state index in [4.69, 9.17) is 0 Å². The second kappa shape index (κ2) is 6.67. The monoisotopic (exact) mass is 334 g/mol. The lowest BCUT2D eigenvalue weighted by Gasteiger charge is -2.22. The Bertz CT molecular complexity index is 881. The second-order valence-corrected chi connectivity index (χ2v) is 6.85. The summed E-state index contributed by atoms with van der Waals surface area (Å²) in [4.78, 5) is 17.6. The van der Waals surface area contributed by atoms with Crippen molar-refractivity contribution < 1.29 is 4.79 Å². The topological polar surface area (TPSA) is 70.7 Å². The van der Waals surface area contributed by atoms with Crippen LogP contribution in [-0.2, 0) is 4.79 Å². The number of amides is 1. The first-order valence-electron chi connectivity index (χ1n) is 8.89. The average Bonchev–Trinajstić information content (AvgIpc) is 3.27. The second-order valence-electron chi connectivity index (χ2n) is 6.85. The minimum absolute atomic E-state index is 0.0334. The Morgan fingerprint density at radius 2 is 2.08 bits per heavy atom. The van der Waals surface area contributed by atoms with Crippen LogP contribution >= 0.6 is 0 Å². The number of nitrogens with one attached hydrogen (secondary N) is 2. The van der Waals surface area contributed by atoms with Crippen LogP contribution in [0.2, 0.25) is 0 Å². The van der Waals surface area contributed by atoms with Gasteiger partial charge in [-0.2, -0.15) is 5.10 Å². The molecule has 1 amide bonds. The molecule has 2 aromatic heterocycles. The predicted octanol–water partition coefficient (Wildman–Crippen LogP) is 4.18. The molecule has 1 aliphatic rings. The summed E-state index contributed by atoms with van der Waals surface area (Å²) in [5.74, 6) is 0.213. The molecule has 1 unspecified atom stereocenters. The quantitative estimate of drug-likeness (QED) is 0.752. The van der Waals surface area contributed by atoms with E-state index in [-0.39, 0.29) is 11.8 Å². The molecule has 1 aliphatic carbocycles. The molecule has 2 N–H and O–H groups in total. The maximum absolute atomic E-state index is 13.1. The first kappa shape index (κ1) is 15.8. The molecule has 0 spiro atoms. The van der Waals surface area contributed by atoms with Gasteiger partial charge in [-0.25, -0.2) is 0 Å². The fourth-order valence-corrected chi connectivity index (χ4v) is 3.88. The zero-order valence-corrected chi connectivity index (χ0v) is 14.3. The van der Waals surface area contributed by atoms with Crippen molar-refractivity contribution in [1.29, 1.82) is 0 Å². The van der Waals surface area contributed by atoms with Gasteiger partial charge in [0.25, 0.3) is 0 Å². The highest BCUT2D eigenvalue weighted by molar-refractivity contribution is 5.98. The number of rotatable bonds is 4. The molecule has 3 aromatic rings. The van der Waals surface area contributed by atoms with Crippen molar-refractivity contribution in [1.82, 2.24) is 15.2 Å². The molecule has 1 saturated carbocycles. The van der Waals surface area contributed by atoms with E-state index in [0.717, 1.165) is 40.8 Å². The summed E-state index contributed by atoms with van der Waals surface area (Å²) in [5.41, 5.74) is 3.59. The van der Waals surface area contributed by atoms with Crippen LogP contribution in [0.4, 0.5) is 5.69 Å². The summed E-state index contributed by atoms with van der Waals surface area (Å²) in [5, 5.41) is 11.4.